The molecule has 0 aromatic rings. The second-order valence-electron chi connectivity index (χ2n) is 8.12. The Morgan fingerprint density at radius 1 is 1.27 bits per heavy atom. The van der Waals surface area contributed by atoms with Crippen LogP contribution < -0.4 is 0 Å². The van der Waals surface area contributed by atoms with E-state index in [0.29, 0.717) is 12.5 Å². The Morgan fingerprint density at radius 2 is 1.88 bits per heavy atom. The third-order valence-corrected chi connectivity index (χ3v) is 10.3. The lowest BCUT2D eigenvalue weighted by Crippen LogP contribution is -2.41. The molecule has 0 unspecified atom stereocenters. The zero-order valence-electron chi connectivity index (χ0n) is 18.1. The van der Waals surface area contributed by atoms with Gasteiger partial charge in [0.25, 0.3) is 0 Å². The fourth-order valence-electron chi connectivity index (χ4n) is 3.58. The molecule has 1 amide bonds. The molecule has 5 heteroatoms. The van der Waals surface area contributed by atoms with Gasteiger partial charge in [0.05, 0.1) is 12.1 Å². The molecule has 4 nitrogen and oxygen atoms in total. The standard InChI is InChI=1S/C21H41NO3Si/c1-8-12-13-19(15-22-18(7)16-24-21(22)23)20(14-17(5)6)25-26(9-2,10-3)11-4/h15,17-18,20H,8-14,16H2,1-7H3/b19-15+/t18-,20-/m0/s1. The maximum atomic E-state index is 12.1. The van der Waals surface area contributed by atoms with Crippen molar-refractivity contribution in [1.82, 2.24) is 4.90 Å². The molecule has 152 valence electrons. The fraction of sp³-hybridized carbons (Fsp3) is 0.857. The van der Waals surface area contributed by atoms with Gasteiger partial charge in [0.15, 0.2) is 8.32 Å². The summed E-state index contributed by atoms with van der Waals surface area (Å²) in [6.07, 6.45) is 6.23. The van der Waals surface area contributed by atoms with Crippen LogP contribution in [0.15, 0.2) is 11.8 Å². The predicted molar refractivity (Wildman–Crippen MR) is 112 cm³/mol. The summed E-state index contributed by atoms with van der Waals surface area (Å²) in [6, 6.07) is 3.55. The van der Waals surface area contributed by atoms with Crippen molar-refractivity contribution in [2.75, 3.05) is 6.61 Å². The number of carbonyl (C=O) groups excluding carboxylic acids is 1. The van der Waals surface area contributed by atoms with Gasteiger partial charge in [-0.05, 0) is 55.8 Å². The number of nitrogens with zero attached hydrogens (tertiary/aromatic N) is 1. The second kappa shape index (κ2) is 11.1. The number of cyclic esters (lactones) is 1. The molecule has 0 aromatic carbocycles. The van der Waals surface area contributed by atoms with Crippen LogP contribution in [0, 0.1) is 5.92 Å². The van der Waals surface area contributed by atoms with Crippen LogP contribution in [0.2, 0.25) is 18.1 Å². The van der Waals surface area contributed by atoms with E-state index in [1.807, 2.05) is 6.92 Å². The molecule has 0 saturated carbocycles. The molecular formula is C21H41NO3Si. The average Bonchev–Trinajstić information content (AvgIpc) is 2.93. The van der Waals surface area contributed by atoms with E-state index in [1.54, 1.807) is 4.90 Å². The second-order valence-corrected chi connectivity index (χ2v) is 12.8. The number of hydrogen-bond acceptors (Lipinski definition) is 3. The highest BCUT2D eigenvalue weighted by molar-refractivity contribution is 6.73. The van der Waals surface area contributed by atoms with Crippen LogP contribution in [0.5, 0.6) is 0 Å². The number of ether oxygens (including phenoxy) is 1. The highest BCUT2D eigenvalue weighted by atomic mass is 28.4. The lowest BCUT2D eigenvalue weighted by Gasteiger charge is -2.36. The largest absolute Gasteiger partial charge is 0.447 e. The maximum absolute atomic E-state index is 12.1. The minimum atomic E-state index is -1.71. The fourth-order valence-corrected chi connectivity index (χ4v) is 6.43. The lowest BCUT2D eigenvalue weighted by molar-refractivity contribution is 0.164. The maximum Gasteiger partial charge on any atom is 0.414 e. The summed E-state index contributed by atoms with van der Waals surface area (Å²) in [5.41, 5.74) is 1.28. The van der Waals surface area contributed by atoms with Crippen LogP contribution in [0.1, 0.15) is 74.1 Å². The van der Waals surface area contributed by atoms with Crippen molar-refractivity contribution in [3.63, 3.8) is 0 Å². The Hall–Kier alpha value is -0.813. The van der Waals surface area contributed by atoms with Crippen molar-refractivity contribution >= 4 is 14.4 Å². The summed E-state index contributed by atoms with van der Waals surface area (Å²) in [6.45, 7) is 16.1. The van der Waals surface area contributed by atoms with Gasteiger partial charge in [-0.1, -0.05) is 48.0 Å². The van der Waals surface area contributed by atoms with Crippen molar-refractivity contribution in [2.24, 2.45) is 5.92 Å². The molecule has 2 atom stereocenters. The number of hydrogen-bond donors (Lipinski definition) is 0. The van der Waals surface area contributed by atoms with Gasteiger partial charge >= 0.3 is 6.09 Å². The van der Waals surface area contributed by atoms with E-state index >= 15 is 0 Å². The summed E-state index contributed by atoms with van der Waals surface area (Å²) in [5, 5.41) is 0. The van der Waals surface area contributed by atoms with Gasteiger partial charge in [0, 0.05) is 6.20 Å². The Bertz CT molecular complexity index is 452. The lowest BCUT2D eigenvalue weighted by atomic mass is 9.96. The van der Waals surface area contributed by atoms with Gasteiger partial charge in [-0.25, -0.2) is 4.79 Å². The van der Waals surface area contributed by atoms with Crippen molar-refractivity contribution in [2.45, 2.75) is 104 Å². The molecule has 0 bridgehead atoms. The molecule has 0 aromatic heterocycles. The van der Waals surface area contributed by atoms with Crippen LogP contribution in [-0.2, 0) is 9.16 Å². The van der Waals surface area contributed by atoms with Crippen LogP contribution in [0.3, 0.4) is 0 Å². The highest BCUT2D eigenvalue weighted by Gasteiger charge is 2.35. The number of rotatable bonds is 12. The van der Waals surface area contributed by atoms with E-state index < -0.39 is 8.32 Å². The van der Waals surface area contributed by atoms with Gasteiger partial charge in [-0.15, -0.1) is 0 Å². The van der Waals surface area contributed by atoms with E-state index in [9.17, 15) is 4.79 Å². The van der Waals surface area contributed by atoms with E-state index in [2.05, 4.69) is 47.7 Å². The molecule has 0 radical (unpaired) electrons. The number of amides is 1. The smallest absolute Gasteiger partial charge is 0.414 e. The Labute approximate surface area is 162 Å². The van der Waals surface area contributed by atoms with E-state index in [1.165, 1.54) is 5.57 Å². The SMILES string of the molecule is CCCC/C(=C\N1C(=O)OC[C@@H]1C)[C@H](CC(C)C)O[Si](CC)(CC)CC. The van der Waals surface area contributed by atoms with Crippen molar-refractivity contribution < 1.29 is 14.0 Å². The van der Waals surface area contributed by atoms with Crippen molar-refractivity contribution in [1.29, 1.82) is 0 Å². The molecule has 1 rings (SSSR count). The topological polar surface area (TPSA) is 38.8 Å². The van der Waals surface area contributed by atoms with Gasteiger partial charge in [-0.2, -0.15) is 0 Å². The van der Waals surface area contributed by atoms with E-state index in [0.717, 1.165) is 43.8 Å². The van der Waals surface area contributed by atoms with Gasteiger partial charge in [0.2, 0.25) is 0 Å². The molecule has 0 aliphatic carbocycles. The molecule has 26 heavy (non-hydrogen) atoms. The Kier molecular flexibility index (Phi) is 9.94. The minimum Gasteiger partial charge on any atom is -0.447 e. The summed E-state index contributed by atoms with van der Waals surface area (Å²) in [5.74, 6) is 0.560. The van der Waals surface area contributed by atoms with Gasteiger partial charge in [0.1, 0.15) is 6.61 Å². The third kappa shape index (κ3) is 6.41. The summed E-state index contributed by atoms with van der Waals surface area (Å²) in [4.78, 5) is 13.9. The monoisotopic (exact) mass is 383 g/mol. The van der Waals surface area contributed by atoms with Crippen LogP contribution >= 0.6 is 0 Å². The first-order valence-electron chi connectivity index (χ1n) is 10.7. The first kappa shape index (κ1) is 23.2. The first-order valence-corrected chi connectivity index (χ1v) is 13.2. The third-order valence-electron chi connectivity index (χ3n) is 5.68. The minimum absolute atomic E-state index is 0.101. The van der Waals surface area contributed by atoms with Gasteiger partial charge in [-0.3, -0.25) is 4.90 Å². The predicted octanol–water partition coefficient (Wildman–Crippen LogP) is 6.34. The highest BCUT2D eigenvalue weighted by Crippen LogP contribution is 2.31. The average molecular weight is 384 g/mol. The zero-order chi connectivity index (χ0) is 19.7. The molecule has 0 spiro atoms. The molecule has 1 heterocycles. The molecule has 1 fully saturated rings. The van der Waals surface area contributed by atoms with Crippen molar-refractivity contribution in [3.05, 3.63) is 11.8 Å². The van der Waals surface area contributed by atoms with Crippen molar-refractivity contribution in [3.8, 4) is 0 Å². The zero-order valence-corrected chi connectivity index (χ0v) is 19.1. The molecule has 1 aliphatic heterocycles. The van der Waals surface area contributed by atoms with Gasteiger partial charge < -0.3 is 9.16 Å². The number of carbonyl (C=O) groups is 1. The molecule has 0 N–H and O–H groups in total. The van der Waals surface area contributed by atoms with Crippen LogP contribution in [-0.4, -0.2) is 38.1 Å². The normalized spacial score (nSPS) is 20.0. The van der Waals surface area contributed by atoms with E-state index in [4.69, 9.17) is 9.16 Å². The quantitative estimate of drug-likeness (QED) is 0.369. The van der Waals surface area contributed by atoms with E-state index in [-0.39, 0.29) is 18.2 Å². The summed E-state index contributed by atoms with van der Waals surface area (Å²) < 4.78 is 12.1. The molecular weight excluding hydrogens is 342 g/mol. The number of unbranched alkanes of at least 4 members (excludes halogenated alkanes) is 1. The Morgan fingerprint density at radius 3 is 2.31 bits per heavy atom. The molecule has 1 saturated heterocycles. The van der Waals surface area contributed by atoms with Crippen LogP contribution in [0.4, 0.5) is 4.79 Å². The Balaban J connectivity index is 3.17. The molecule has 1 aliphatic rings. The summed E-state index contributed by atoms with van der Waals surface area (Å²) >= 11 is 0. The summed E-state index contributed by atoms with van der Waals surface area (Å²) in [7, 11) is -1.71. The van der Waals surface area contributed by atoms with Crippen LogP contribution in [0.25, 0.3) is 0 Å². The first-order chi connectivity index (χ1) is 12.3.